The van der Waals surface area contributed by atoms with Gasteiger partial charge in [0.2, 0.25) is 5.91 Å². The fraction of sp³-hybridized carbons (Fsp3) is 0.273. The van der Waals surface area contributed by atoms with Gasteiger partial charge in [0, 0.05) is 11.8 Å². The number of hydrogen-bond acceptors (Lipinski definition) is 8. The molecule has 9 heteroatoms. The molecule has 1 aromatic heterocycles. The summed E-state index contributed by atoms with van der Waals surface area (Å²) in [5, 5.41) is 20.0. The molecule has 1 aromatic carbocycles. The van der Waals surface area contributed by atoms with Gasteiger partial charge in [-0.3, -0.25) is 4.79 Å². The molecule has 2 heterocycles. The molecule has 1 unspecified atom stereocenters. The monoisotopic (exact) mass is 438 g/mol. The summed E-state index contributed by atoms with van der Waals surface area (Å²) in [5.41, 5.74) is 2.12. The van der Waals surface area contributed by atoms with Crippen LogP contribution in [0.5, 0.6) is 0 Å². The van der Waals surface area contributed by atoms with Crippen LogP contribution in [0.25, 0.3) is 0 Å². The van der Waals surface area contributed by atoms with Crippen molar-refractivity contribution in [3.05, 3.63) is 69.6 Å². The van der Waals surface area contributed by atoms with E-state index in [2.05, 4.69) is 21.9 Å². The van der Waals surface area contributed by atoms with Gasteiger partial charge in [-0.05, 0) is 26.3 Å². The zero-order valence-corrected chi connectivity index (χ0v) is 18.2. The van der Waals surface area contributed by atoms with Gasteiger partial charge < -0.3 is 19.9 Å². The van der Waals surface area contributed by atoms with Gasteiger partial charge in [-0.15, -0.1) is 0 Å². The second kappa shape index (κ2) is 10.00. The van der Waals surface area contributed by atoms with Crippen LogP contribution in [0, 0.1) is 18.3 Å². The van der Waals surface area contributed by atoms with E-state index in [1.807, 2.05) is 30.3 Å². The number of dihydropyridines is 1. The summed E-state index contributed by atoms with van der Waals surface area (Å²) >= 11 is 1.18. The highest BCUT2D eigenvalue weighted by molar-refractivity contribution is 8.03. The molecular formula is C22H22N4O4S. The van der Waals surface area contributed by atoms with E-state index < -0.39 is 11.9 Å². The highest BCUT2D eigenvalue weighted by Gasteiger charge is 2.35. The molecule has 2 aromatic rings. The van der Waals surface area contributed by atoms with E-state index in [1.165, 1.54) is 11.8 Å². The number of thioether (sulfide) groups is 1. The quantitative estimate of drug-likeness (QED) is 0.630. The Bertz CT molecular complexity index is 1080. The topological polar surface area (TPSA) is 117 Å². The Morgan fingerprint density at radius 1 is 1.32 bits per heavy atom. The summed E-state index contributed by atoms with van der Waals surface area (Å²) < 4.78 is 10.2. The van der Waals surface area contributed by atoms with Crippen molar-refractivity contribution in [1.29, 1.82) is 5.26 Å². The van der Waals surface area contributed by atoms with Crippen LogP contribution in [0.15, 0.2) is 62.8 Å². The molecule has 0 spiro atoms. The number of nitriles is 1. The first kappa shape index (κ1) is 22.2. The fourth-order valence-electron chi connectivity index (χ4n) is 3.23. The number of carbonyl (C=O) groups excluding carboxylic acids is 2. The number of anilines is 1. The maximum absolute atomic E-state index is 12.7. The molecule has 0 saturated carbocycles. The van der Waals surface area contributed by atoms with Crippen molar-refractivity contribution < 1.29 is 18.8 Å². The number of nitrogens with zero attached hydrogens (tertiary/aromatic N) is 2. The van der Waals surface area contributed by atoms with Crippen LogP contribution in [0.1, 0.15) is 31.1 Å². The van der Waals surface area contributed by atoms with Crippen LogP contribution in [0.2, 0.25) is 0 Å². The van der Waals surface area contributed by atoms with Crippen molar-refractivity contribution >= 4 is 29.5 Å². The van der Waals surface area contributed by atoms with E-state index >= 15 is 0 Å². The summed E-state index contributed by atoms with van der Waals surface area (Å²) in [4.78, 5) is 25.0. The maximum Gasteiger partial charge on any atom is 0.336 e. The third-order valence-corrected chi connectivity index (χ3v) is 5.54. The number of amides is 1. The van der Waals surface area contributed by atoms with Crippen molar-refractivity contribution in [3.8, 4) is 6.07 Å². The largest absolute Gasteiger partial charge is 0.463 e. The number of esters is 1. The molecule has 1 aliphatic heterocycles. The minimum absolute atomic E-state index is 0.0446. The van der Waals surface area contributed by atoms with Gasteiger partial charge in [0.25, 0.3) is 0 Å². The van der Waals surface area contributed by atoms with Gasteiger partial charge >= 0.3 is 5.97 Å². The Kier molecular flexibility index (Phi) is 7.15. The van der Waals surface area contributed by atoms with Gasteiger partial charge in [-0.2, -0.15) is 5.26 Å². The molecule has 0 radical (unpaired) electrons. The van der Waals surface area contributed by atoms with E-state index in [9.17, 15) is 14.9 Å². The predicted molar refractivity (Wildman–Crippen MR) is 117 cm³/mol. The molecule has 1 amide bonds. The van der Waals surface area contributed by atoms with E-state index in [-0.39, 0.29) is 18.3 Å². The Morgan fingerprint density at radius 3 is 2.68 bits per heavy atom. The summed E-state index contributed by atoms with van der Waals surface area (Å²) in [6.45, 7) is 5.45. The molecule has 1 atom stereocenters. The number of aromatic nitrogens is 1. The third kappa shape index (κ3) is 5.16. The van der Waals surface area contributed by atoms with Gasteiger partial charge in [0.1, 0.15) is 5.76 Å². The minimum Gasteiger partial charge on any atom is -0.463 e. The number of benzene rings is 1. The van der Waals surface area contributed by atoms with Crippen LogP contribution >= 0.6 is 11.8 Å². The van der Waals surface area contributed by atoms with E-state index in [4.69, 9.17) is 9.26 Å². The number of hydrogen-bond donors (Lipinski definition) is 2. The average Bonchev–Trinajstić information content (AvgIpc) is 3.16. The summed E-state index contributed by atoms with van der Waals surface area (Å²) in [6, 6.07) is 13.1. The van der Waals surface area contributed by atoms with Crippen LogP contribution in [-0.2, 0) is 14.3 Å². The van der Waals surface area contributed by atoms with E-state index in [1.54, 1.807) is 26.8 Å². The fourth-order valence-corrected chi connectivity index (χ4v) is 4.12. The molecule has 0 bridgehead atoms. The first-order valence-corrected chi connectivity index (χ1v) is 10.6. The average molecular weight is 439 g/mol. The first-order valence-electron chi connectivity index (χ1n) is 9.64. The highest BCUT2D eigenvalue weighted by Crippen LogP contribution is 2.40. The van der Waals surface area contributed by atoms with Gasteiger partial charge in [-0.1, -0.05) is 47.3 Å². The Hall–Kier alpha value is -3.51. The summed E-state index contributed by atoms with van der Waals surface area (Å²) in [6.07, 6.45) is 0. The molecule has 8 nitrogen and oxygen atoms in total. The number of rotatable bonds is 7. The predicted octanol–water partition coefficient (Wildman–Crippen LogP) is 3.61. The minimum atomic E-state index is -0.588. The van der Waals surface area contributed by atoms with Crippen molar-refractivity contribution in [3.63, 3.8) is 0 Å². The number of carbonyl (C=O) groups is 2. The second-order valence-corrected chi connectivity index (χ2v) is 7.73. The van der Waals surface area contributed by atoms with Gasteiger partial charge in [0.15, 0.2) is 5.82 Å². The number of ether oxygens (including phenoxy) is 1. The van der Waals surface area contributed by atoms with Crippen LogP contribution in [0.4, 0.5) is 5.82 Å². The zero-order chi connectivity index (χ0) is 22.4. The maximum atomic E-state index is 12.7. The molecule has 0 saturated heterocycles. The molecule has 0 aliphatic carbocycles. The molecule has 3 rings (SSSR count). The molecule has 0 fully saturated rings. The molecular weight excluding hydrogens is 416 g/mol. The normalized spacial score (nSPS) is 15.9. The smallest absolute Gasteiger partial charge is 0.336 e. The number of nitrogens with one attached hydrogen (secondary N) is 2. The Morgan fingerprint density at radius 2 is 2.06 bits per heavy atom. The molecule has 31 heavy (non-hydrogen) atoms. The highest BCUT2D eigenvalue weighted by atomic mass is 32.2. The lowest BCUT2D eigenvalue weighted by Gasteiger charge is -2.29. The van der Waals surface area contributed by atoms with Crippen molar-refractivity contribution in [1.82, 2.24) is 10.5 Å². The van der Waals surface area contributed by atoms with Crippen LogP contribution in [-0.4, -0.2) is 29.4 Å². The van der Waals surface area contributed by atoms with Crippen molar-refractivity contribution in [2.75, 3.05) is 17.7 Å². The third-order valence-electron chi connectivity index (χ3n) is 4.52. The first-order chi connectivity index (χ1) is 14.9. The van der Waals surface area contributed by atoms with E-state index in [0.717, 1.165) is 5.56 Å². The van der Waals surface area contributed by atoms with Gasteiger partial charge in [-0.25, -0.2) is 4.79 Å². The Balaban J connectivity index is 1.88. The van der Waals surface area contributed by atoms with Crippen LogP contribution in [0.3, 0.4) is 0 Å². The molecule has 2 N–H and O–H groups in total. The summed E-state index contributed by atoms with van der Waals surface area (Å²) in [7, 11) is 0. The lowest BCUT2D eigenvalue weighted by atomic mass is 9.82. The summed E-state index contributed by atoms with van der Waals surface area (Å²) in [5.74, 6) is -0.393. The second-order valence-electron chi connectivity index (χ2n) is 6.74. The van der Waals surface area contributed by atoms with Crippen molar-refractivity contribution in [2.45, 2.75) is 26.7 Å². The lowest BCUT2D eigenvalue weighted by Crippen LogP contribution is -2.29. The van der Waals surface area contributed by atoms with E-state index in [0.29, 0.717) is 33.5 Å². The Labute approximate surface area is 184 Å². The molecule has 160 valence electrons. The zero-order valence-electron chi connectivity index (χ0n) is 17.4. The standard InChI is InChI=1S/C22H22N4O4S/c1-4-29-22(28)19-14(3)24-21(16(11-23)20(19)15-8-6-5-7-9-15)31-12-18(27)25-17-10-13(2)30-26-17/h5-10,20,24H,4,12H2,1-3H3,(H,25,26,27). The SMILES string of the molecule is CCOC(=O)C1=C(C)NC(SCC(=O)Nc2cc(C)on2)=C(C#N)C1c1ccccc1. The number of aryl methyl sites for hydroxylation is 1. The lowest BCUT2D eigenvalue weighted by molar-refractivity contribution is -0.138. The van der Waals surface area contributed by atoms with Crippen molar-refractivity contribution in [2.24, 2.45) is 0 Å². The number of allylic oxidation sites excluding steroid dienone is 2. The molecule has 1 aliphatic rings. The van der Waals surface area contributed by atoms with Crippen LogP contribution < -0.4 is 10.6 Å². The van der Waals surface area contributed by atoms with Gasteiger partial charge in [0.05, 0.1) is 40.5 Å².